The number of hydrogen-bond donors (Lipinski definition) is 1. The lowest BCUT2D eigenvalue weighted by Crippen LogP contribution is -2.54. The summed E-state index contributed by atoms with van der Waals surface area (Å²) in [6, 6.07) is 0.594. The molecule has 4 fully saturated rings. The van der Waals surface area contributed by atoms with E-state index in [0.29, 0.717) is 35.4 Å². The first-order valence-corrected chi connectivity index (χ1v) is 9.56. The van der Waals surface area contributed by atoms with E-state index in [9.17, 15) is 9.59 Å². The zero-order valence-electron chi connectivity index (χ0n) is 14.1. The van der Waals surface area contributed by atoms with E-state index in [4.69, 9.17) is 0 Å². The SMILES string of the molecule is C[C@]12CC[C@H]3[C@@H](CCC4=CC(=O)CC[C@@]43[C@@H]3CN3)[C@@H]1CCC2=O. The van der Waals surface area contributed by atoms with Crippen LogP contribution in [0.4, 0.5) is 0 Å². The number of hydrogen-bond acceptors (Lipinski definition) is 3. The molecule has 1 aliphatic heterocycles. The first-order chi connectivity index (χ1) is 11.1. The average molecular weight is 313 g/mol. The van der Waals surface area contributed by atoms with E-state index < -0.39 is 0 Å². The fourth-order valence-corrected chi connectivity index (χ4v) is 7.12. The highest BCUT2D eigenvalue weighted by Gasteiger charge is 2.63. The van der Waals surface area contributed by atoms with Crippen molar-refractivity contribution in [3.63, 3.8) is 0 Å². The molecule has 5 rings (SSSR count). The highest BCUT2D eigenvalue weighted by Crippen LogP contribution is 2.66. The molecule has 5 aliphatic rings. The fraction of sp³-hybridized carbons (Fsp3) is 0.800. The first-order valence-electron chi connectivity index (χ1n) is 9.56. The molecule has 0 unspecified atom stereocenters. The van der Waals surface area contributed by atoms with Crippen molar-refractivity contribution in [3.8, 4) is 0 Å². The molecule has 0 aromatic rings. The summed E-state index contributed by atoms with van der Waals surface area (Å²) in [7, 11) is 0. The molecule has 0 radical (unpaired) electrons. The maximum atomic E-state index is 12.5. The van der Waals surface area contributed by atoms with E-state index in [1.807, 2.05) is 6.08 Å². The molecule has 4 aliphatic carbocycles. The van der Waals surface area contributed by atoms with Gasteiger partial charge in [-0.15, -0.1) is 0 Å². The van der Waals surface area contributed by atoms with Crippen molar-refractivity contribution in [2.45, 2.75) is 64.3 Å². The second-order valence-corrected chi connectivity index (χ2v) is 8.97. The number of carbonyl (C=O) groups excluding carboxylic acids is 2. The Hall–Kier alpha value is -0.960. The van der Waals surface area contributed by atoms with Gasteiger partial charge in [-0.2, -0.15) is 0 Å². The summed E-state index contributed by atoms with van der Waals surface area (Å²) in [6.07, 6.45) is 10.3. The van der Waals surface area contributed by atoms with Crippen LogP contribution < -0.4 is 5.32 Å². The van der Waals surface area contributed by atoms with Crippen LogP contribution in [0.5, 0.6) is 0 Å². The van der Waals surface area contributed by atoms with E-state index in [1.54, 1.807) is 0 Å². The lowest BCUT2D eigenvalue weighted by atomic mass is 9.46. The topological polar surface area (TPSA) is 56.1 Å². The smallest absolute Gasteiger partial charge is 0.155 e. The van der Waals surface area contributed by atoms with Gasteiger partial charge in [0.2, 0.25) is 0 Å². The Morgan fingerprint density at radius 2 is 1.87 bits per heavy atom. The van der Waals surface area contributed by atoms with Crippen LogP contribution in [-0.2, 0) is 9.59 Å². The molecule has 1 N–H and O–H groups in total. The minimum absolute atomic E-state index is 0.0367. The van der Waals surface area contributed by atoms with Crippen molar-refractivity contribution in [1.82, 2.24) is 5.32 Å². The van der Waals surface area contributed by atoms with Crippen molar-refractivity contribution in [3.05, 3.63) is 11.6 Å². The average Bonchev–Trinajstić information content (AvgIpc) is 3.34. The Kier molecular flexibility index (Phi) is 2.85. The summed E-state index contributed by atoms with van der Waals surface area (Å²) < 4.78 is 0. The van der Waals surface area contributed by atoms with Gasteiger partial charge in [0.1, 0.15) is 5.78 Å². The second kappa shape index (κ2) is 4.56. The molecule has 6 atom stereocenters. The Morgan fingerprint density at radius 1 is 1.04 bits per heavy atom. The quantitative estimate of drug-likeness (QED) is 0.757. The summed E-state index contributed by atoms with van der Waals surface area (Å²) in [4.78, 5) is 24.5. The van der Waals surface area contributed by atoms with E-state index in [1.165, 1.54) is 18.4 Å². The van der Waals surface area contributed by atoms with Crippen LogP contribution in [0.15, 0.2) is 11.6 Å². The van der Waals surface area contributed by atoms with Gasteiger partial charge in [0.25, 0.3) is 0 Å². The zero-order valence-corrected chi connectivity index (χ0v) is 14.1. The molecule has 1 heterocycles. The number of fused-ring (bicyclic) bond motifs is 5. The van der Waals surface area contributed by atoms with Gasteiger partial charge in [-0.25, -0.2) is 0 Å². The lowest BCUT2D eigenvalue weighted by Gasteiger charge is -2.58. The van der Waals surface area contributed by atoms with E-state index in [0.717, 1.165) is 45.1 Å². The predicted octanol–water partition coefficient (Wildman–Crippen LogP) is 3.04. The fourth-order valence-electron chi connectivity index (χ4n) is 7.12. The molecule has 3 nitrogen and oxygen atoms in total. The third kappa shape index (κ3) is 1.75. The maximum absolute atomic E-state index is 12.5. The number of Topliss-reactive ketones (excluding diaryl/α,β-unsaturated/α-hetero) is 1. The van der Waals surface area contributed by atoms with Crippen molar-refractivity contribution in [1.29, 1.82) is 0 Å². The van der Waals surface area contributed by atoms with E-state index in [2.05, 4.69) is 12.2 Å². The number of rotatable bonds is 1. The minimum Gasteiger partial charge on any atom is -0.310 e. The summed E-state index contributed by atoms with van der Waals surface area (Å²) in [5.41, 5.74) is 1.66. The molecule has 0 spiro atoms. The maximum Gasteiger partial charge on any atom is 0.155 e. The summed E-state index contributed by atoms with van der Waals surface area (Å²) in [5.74, 6) is 2.86. The van der Waals surface area contributed by atoms with Gasteiger partial charge in [-0.05, 0) is 62.4 Å². The summed E-state index contributed by atoms with van der Waals surface area (Å²) in [5, 5.41) is 3.60. The van der Waals surface area contributed by atoms with Gasteiger partial charge in [0.15, 0.2) is 5.78 Å². The molecular weight excluding hydrogens is 286 g/mol. The van der Waals surface area contributed by atoms with Crippen LogP contribution in [0.3, 0.4) is 0 Å². The van der Waals surface area contributed by atoms with Crippen molar-refractivity contribution < 1.29 is 9.59 Å². The highest BCUT2D eigenvalue weighted by atomic mass is 16.1. The lowest BCUT2D eigenvalue weighted by molar-refractivity contribution is -0.132. The normalized spacial score (nSPS) is 51.6. The van der Waals surface area contributed by atoms with Crippen molar-refractivity contribution in [2.75, 3.05) is 6.54 Å². The molecule has 3 heteroatoms. The van der Waals surface area contributed by atoms with Crippen LogP contribution in [0.1, 0.15) is 58.3 Å². The van der Waals surface area contributed by atoms with Gasteiger partial charge in [0.05, 0.1) is 0 Å². The molecule has 0 bridgehead atoms. The number of carbonyl (C=O) groups is 2. The third-order valence-electron chi connectivity index (χ3n) is 8.30. The largest absolute Gasteiger partial charge is 0.310 e. The van der Waals surface area contributed by atoms with Gasteiger partial charge in [0, 0.05) is 36.3 Å². The van der Waals surface area contributed by atoms with Crippen molar-refractivity contribution >= 4 is 11.6 Å². The number of ketones is 2. The third-order valence-corrected chi connectivity index (χ3v) is 8.30. The van der Waals surface area contributed by atoms with Crippen LogP contribution in [0.25, 0.3) is 0 Å². The van der Waals surface area contributed by atoms with Crippen molar-refractivity contribution in [2.24, 2.45) is 28.6 Å². The Morgan fingerprint density at radius 3 is 2.65 bits per heavy atom. The monoisotopic (exact) mass is 313 g/mol. The summed E-state index contributed by atoms with van der Waals surface area (Å²) in [6.45, 7) is 3.37. The van der Waals surface area contributed by atoms with Crippen LogP contribution in [-0.4, -0.2) is 24.2 Å². The Balaban J connectivity index is 1.57. The molecular formula is C20H27NO2. The minimum atomic E-state index is -0.0367. The molecule has 0 aromatic carbocycles. The second-order valence-electron chi connectivity index (χ2n) is 8.97. The Labute approximate surface area is 138 Å². The molecule has 0 aromatic heterocycles. The van der Waals surface area contributed by atoms with Gasteiger partial charge in [-0.3, -0.25) is 9.59 Å². The highest BCUT2D eigenvalue weighted by molar-refractivity contribution is 5.92. The zero-order chi connectivity index (χ0) is 15.8. The van der Waals surface area contributed by atoms with Gasteiger partial charge < -0.3 is 5.32 Å². The molecule has 3 saturated carbocycles. The van der Waals surface area contributed by atoms with E-state index in [-0.39, 0.29) is 10.8 Å². The molecule has 124 valence electrons. The standard InChI is InChI=1S/C20H27NO2/c1-19-8-7-16-14(15(19)4-5-18(19)23)3-2-12-10-13(22)6-9-20(12,16)17-11-21-17/h10,14-17,21H,2-9,11H2,1H3/t14-,15-,16-,17-,19-,20+/m0/s1. The Bertz CT molecular complexity index is 619. The molecule has 23 heavy (non-hydrogen) atoms. The van der Waals surface area contributed by atoms with Gasteiger partial charge >= 0.3 is 0 Å². The van der Waals surface area contributed by atoms with Crippen LogP contribution in [0.2, 0.25) is 0 Å². The predicted molar refractivity (Wildman–Crippen MR) is 87.8 cm³/mol. The molecule has 1 saturated heterocycles. The summed E-state index contributed by atoms with van der Waals surface area (Å²) >= 11 is 0. The molecule has 0 amide bonds. The van der Waals surface area contributed by atoms with Crippen LogP contribution in [0, 0.1) is 28.6 Å². The van der Waals surface area contributed by atoms with Crippen LogP contribution >= 0.6 is 0 Å². The first kappa shape index (κ1) is 14.4. The number of nitrogens with one attached hydrogen (secondary N) is 1. The van der Waals surface area contributed by atoms with Gasteiger partial charge in [-0.1, -0.05) is 12.5 Å². The van der Waals surface area contributed by atoms with E-state index >= 15 is 0 Å².